The van der Waals surface area contributed by atoms with Gasteiger partial charge in [-0.15, -0.1) is 0 Å². The fourth-order valence-corrected chi connectivity index (χ4v) is 2.17. The molecule has 0 spiro atoms. The highest BCUT2D eigenvalue weighted by Gasteiger charge is 2.31. The Kier molecular flexibility index (Phi) is 4.20. The maximum absolute atomic E-state index is 12.0. The van der Waals surface area contributed by atoms with Gasteiger partial charge in [0, 0.05) is 13.0 Å². The molecular formula is C15H20N2O2. The number of β-lactam (4-membered cyclic amide) rings is 1. The van der Waals surface area contributed by atoms with E-state index in [-0.39, 0.29) is 18.0 Å². The second-order valence-corrected chi connectivity index (χ2v) is 5.00. The molecule has 1 unspecified atom stereocenters. The third kappa shape index (κ3) is 3.13. The molecule has 2 rings (SSSR count). The van der Waals surface area contributed by atoms with Crippen LogP contribution in [0.15, 0.2) is 24.3 Å². The first kappa shape index (κ1) is 13.6. The summed E-state index contributed by atoms with van der Waals surface area (Å²) in [5, 5.41) is 2.95. The number of nitrogens with one attached hydrogen (secondary N) is 1. The quantitative estimate of drug-likeness (QED) is 0.846. The van der Waals surface area contributed by atoms with Gasteiger partial charge < -0.3 is 5.32 Å². The monoisotopic (exact) mass is 260 g/mol. The summed E-state index contributed by atoms with van der Waals surface area (Å²) in [5.74, 6) is -0.0864. The van der Waals surface area contributed by atoms with Gasteiger partial charge in [-0.2, -0.15) is 0 Å². The molecule has 3 amide bonds. The van der Waals surface area contributed by atoms with Crippen molar-refractivity contribution in [2.75, 3.05) is 6.54 Å². The number of benzene rings is 1. The van der Waals surface area contributed by atoms with Gasteiger partial charge in [-0.3, -0.25) is 9.69 Å². The SMILES string of the molecule is CCCC(NC(=O)N1CCC1=O)c1ccc(C)cc1. The van der Waals surface area contributed by atoms with Gasteiger partial charge in [-0.25, -0.2) is 4.79 Å². The summed E-state index contributed by atoms with van der Waals surface area (Å²) in [6.07, 6.45) is 2.33. The molecule has 1 heterocycles. The van der Waals surface area contributed by atoms with Crippen molar-refractivity contribution in [2.45, 2.75) is 39.2 Å². The van der Waals surface area contributed by atoms with Gasteiger partial charge in [0.25, 0.3) is 0 Å². The average Bonchev–Trinajstić information content (AvgIpc) is 2.37. The molecule has 4 nitrogen and oxygen atoms in total. The largest absolute Gasteiger partial charge is 0.331 e. The van der Waals surface area contributed by atoms with Crippen molar-refractivity contribution < 1.29 is 9.59 Å². The van der Waals surface area contributed by atoms with E-state index in [0.717, 1.165) is 18.4 Å². The molecule has 4 heteroatoms. The van der Waals surface area contributed by atoms with Gasteiger partial charge in [-0.05, 0) is 18.9 Å². The Bertz CT molecular complexity index is 468. The number of carbonyl (C=O) groups excluding carboxylic acids is 2. The Morgan fingerprint density at radius 2 is 2.05 bits per heavy atom. The summed E-state index contributed by atoms with van der Waals surface area (Å²) in [7, 11) is 0. The second-order valence-electron chi connectivity index (χ2n) is 5.00. The first-order valence-electron chi connectivity index (χ1n) is 6.79. The normalized spacial score (nSPS) is 15.9. The molecule has 102 valence electrons. The number of hydrogen-bond donors (Lipinski definition) is 1. The van der Waals surface area contributed by atoms with Crippen LogP contribution < -0.4 is 5.32 Å². The highest BCUT2D eigenvalue weighted by Crippen LogP contribution is 2.20. The minimum Gasteiger partial charge on any atom is -0.331 e. The number of hydrogen-bond acceptors (Lipinski definition) is 2. The Morgan fingerprint density at radius 3 is 2.53 bits per heavy atom. The predicted molar refractivity (Wildman–Crippen MR) is 73.7 cm³/mol. The summed E-state index contributed by atoms with van der Waals surface area (Å²) in [4.78, 5) is 24.5. The van der Waals surface area contributed by atoms with Crippen molar-refractivity contribution in [3.8, 4) is 0 Å². The van der Waals surface area contributed by atoms with Crippen molar-refractivity contribution in [1.29, 1.82) is 0 Å². The Labute approximate surface area is 113 Å². The lowest BCUT2D eigenvalue weighted by atomic mass is 10.0. The molecule has 1 N–H and O–H groups in total. The van der Waals surface area contributed by atoms with E-state index in [9.17, 15) is 9.59 Å². The van der Waals surface area contributed by atoms with Crippen LogP contribution in [-0.4, -0.2) is 23.4 Å². The molecule has 0 bridgehead atoms. The number of imide groups is 1. The molecule has 19 heavy (non-hydrogen) atoms. The first-order chi connectivity index (χ1) is 9.11. The number of carbonyl (C=O) groups is 2. The van der Waals surface area contributed by atoms with E-state index >= 15 is 0 Å². The molecule has 1 aliphatic rings. The number of urea groups is 1. The lowest BCUT2D eigenvalue weighted by Gasteiger charge is -2.30. The lowest BCUT2D eigenvalue weighted by molar-refractivity contribution is -0.135. The van der Waals surface area contributed by atoms with Gasteiger partial charge >= 0.3 is 6.03 Å². The lowest BCUT2D eigenvalue weighted by Crippen LogP contribution is -2.52. The molecule has 0 saturated carbocycles. The van der Waals surface area contributed by atoms with E-state index in [2.05, 4.69) is 12.2 Å². The van der Waals surface area contributed by atoms with E-state index in [0.29, 0.717) is 13.0 Å². The highest BCUT2D eigenvalue weighted by atomic mass is 16.2. The molecule has 1 aromatic rings. The summed E-state index contributed by atoms with van der Waals surface area (Å²) in [6, 6.07) is 7.86. The Morgan fingerprint density at radius 1 is 1.37 bits per heavy atom. The molecule has 1 saturated heterocycles. The topological polar surface area (TPSA) is 49.4 Å². The van der Waals surface area contributed by atoms with Crippen LogP contribution in [0.3, 0.4) is 0 Å². The van der Waals surface area contributed by atoms with Crippen LogP contribution in [0.4, 0.5) is 4.79 Å². The fourth-order valence-electron chi connectivity index (χ4n) is 2.17. The zero-order chi connectivity index (χ0) is 13.8. The number of likely N-dealkylation sites (tertiary alicyclic amines) is 1. The van der Waals surface area contributed by atoms with Crippen molar-refractivity contribution in [2.24, 2.45) is 0 Å². The van der Waals surface area contributed by atoms with Crippen LogP contribution in [0.5, 0.6) is 0 Å². The van der Waals surface area contributed by atoms with Crippen LogP contribution >= 0.6 is 0 Å². The van der Waals surface area contributed by atoms with E-state index in [1.54, 1.807) is 0 Å². The maximum Gasteiger partial charge on any atom is 0.324 e. The molecule has 0 aromatic heterocycles. The fraction of sp³-hybridized carbons (Fsp3) is 0.467. The summed E-state index contributed by atoms with van der Waals surface area (Å²) in [5.41, 5.74) is 2.29. The Balaban J connectivity index is 2.05. The molecule has 1 aliphatic heterocycles. The van der Waals surface area contributed by atoms with Crippen LogP contribution in [-0.2, 0) is 4.79 Å². The molecular weight excluding hydrogens is 240 g/mol. The minimum atomic E-state index is -0.268. The van der Waals surface area contributed by atoms with Gasteiger partial charge in [0.1, 0.15) is 0 Å². The zero-order valence-electron chi connectivity index (χ0n) is 11.5. The maximum atomic E-state index is 12.0. The van der Waals surface area contributed by atoms with Crippen LogP contribution in [0.25, 0.3) is 0 Å². The van der Waals surface area contributed by atoms with Crippen molar-refractivity contribution in [3.05, 3.63) is 35.4 Å². The molecule has 1 atom stereocenters. The summed E-state index contributed by atoms with van der Waals surface area (Å²) in [6.45, 7) is 4.66. The Hall–Kier alpha value is -1.84. The molecule has 1 aromatic carbocycles. The standard InChI is InChI=1S/C15H20N2O2/c1-3-4-13(12-7-5-11(2)6-8-12)16-15(19)17-10-9-14(17)18/h5-8,13H,3-4,9-10H2,1-2H3,(H,16,19). The molecule has 0 aliphatic carbocycles. The number of amides is 3. The predicted octanol–water partition coefficient (Wildman–Crippen LogP) is 2.78. The van der Waals surface area contributed by atoms with E-state index in [1.165, 1.54) is 10.5 Å². The minimum absolute atomic E-state index is 0.0218. The highest BCUT2D eigenvalue weighted by molar-refractivity contribution is 5.98. The smallest absolute Gasteiger partial charge is 0.324 e. The van der Waals surface area contributed by atoms with Crippen LogP contribution in [0.1, 0.15) is 43.4 Å². The van der Waals surface area contributed by atoms with Crippen LogP contribution in [0.2, 0.25) is 0 Å². The van der Waals surface area contributed by atoms with Crippen molar-refractivity contribution in [3.63, 3.8) is 0 Å². The van der Waals surface area contributed by atoms with Crippen LogP contribution in [0, 0.1) is 6.92 Å². The van der Waals surface area contributed by atoms with E-state index < -0.39 is 0 Å². The molecule has 1 fully saturated rings. The third-order valence-electron chi connectivity index (χ3n) is 3.45. The molecule has 0 radical (unpaired) electrons. The van der Waals surface area contributed by atoms with Gasteiger partial charge in [0.15, 0.2) is 0 Å². The van der Waals surface area contributed by atoms with E-state index in [1.807, 2.05) is 31.2 Å². The summed E-state index contributed by atoms with van der Waals surface area (Å²) >= 11 is 0. The van der Waals surface area contributed by atoms with Gasteiger partial charge in [0.05, 0.1) is 6.04 Å². The number of rotatable bonds is 4. The first-order valence-corrected chi connectivity index (χ1v) is 6.79. The van der Waals surface area contributed by atoms with Gasteiger partial charge in [0.2, 0.25) is 5.91 Å². The third-order valence-corrected chi connectivity index (χ3v) is 3.45. The second kappa shape index (κ2) is 5.87. The van der Waals surface area contributed by atoms with Crippen molar-refractivity contribution >= 4 is 11.9 Å². The number of nitrogens with zero attached hydrogens (tertiary/aromatic N) is 1. The van der Waals surface area contributed by atoms with Crippen molar-refractivity contribution in [1.82, 2.24) is 10.2 Å². The zero-order valence-corrected chi connectivity index (χ0v) is 11.5. The van der Waals surface area contributed by atoms with E-state index in [4.69, 9.17) is 0 Å². The van der Waals surface area contributed by atoms with Gasteiger partial charge in [-0.1, -0.05) is 43.2 Å². The number of aryl methyl sites for hydroxylation is 1. The summed E-state index contributed by atoms with van der Waals surface area (Å²) < 4.78 is 0. The average molecular weight is 260 g/mol.